The normalized spacial score (nSPS) is 18.7. The number of carbonyl (C=O) groups is 1. The minimum atomic E-state index is -3.50. The van der Waals surface area contributed by atoms with Gasteiger partial charge in [-0.1, -0.05) is 60.5 Å². The topological polar surface area (TPSA) is 66.5 Å². The van der Waals surface area contributed by atoms with Gasteiger partial charge in [-0.2, -0.15) is 0 Å². The van der Waals surface area contributed by atoms with Crippen molar-refractivity contribution in [1.82, 2.24) is 9.62 Å². The highest BCUT2D eigenvalue weighted by atomic mass is 35.5. The first-order valence-electron chi connectivity index (χ1n) is 10.4. The first-order chi connectivity index (χ1) is 14.3. The Morgan fingerprint density at radius 1 is 1.17 bits per heavy atom. The minimum Gasteiger partial charge on any atom is -0.349 e. The molecule has 1 N–H and O–H groups in total. The molecule has 30 heavy (non-hydrogen) atoms. The van der Waals surface area contributed by atoms with Crippen LogP contribution < -0.4 is 5.32 Å². The summed E-state index contributed by atoms with van der Waals surface area (Å²) in [5, 5.41) is 3.70. The number of hydrogen-bond donors (Lipinski definition) is 1. The molecular weight excluding hydrogens is 420 g/mol. The lowest BCUT2D eigenvalue weighted by molar-refractivity contribution is -0.126. The van der Waals surface area contributed by atoms with Crippen LogP contribution in [0.25, 0.3) is 0 Å². The molecule has 5 nitrogen and oxygen atoms in total. The number of nitrogens with zero attached hydrogens (tertiary/aromatic N) is 1. The van der Waals surface area contributed by atoms with Crippen molar-refractivity contribution in [1.29, 1.82) is 0 Å². The Bertz CT molecular complexity index is 959. The van der Waals surface area contributed by atoms with E-state index in [9.17, 15) is 13.2 Å². The molecular formula is C23H29ClN2O3S. The molecule has 1 amide bonds. The standard InChI is InChI=1S/C23H29ClN2O3S/c1-3-22(19-10-6-17(2)7-11-19)25-23(27)20-5-4-14-26(15-20)30(28,29)16-18-8-12-21(24)13-9-18/h6-13,20,22H,3-5,14-16H2,1-2H3,(H,25,27). The lowest BCUT2D eigenvalue weighted by atomic mass is 9.97. The number of benzene rings is 2. The maximum atomic E-state index is 12.9. The molecule has 2 unspecified atom stereocenters. The lowest BCUT2D eigenvalue weighted by Gasteiger charge is -2.32. The van der Waals surface area contributed by atoms with Crippen LogP contribution in [0.2, 0.25) is 5.02 Å². The molecule has 2 aromatic rings. The summed E-state index contributed by atoms with van der Waals surface area (Å²) in [5.74, 6) is -0.494. The summed E-state index contributed by atoms with van der Waals surface area (Å²) in [6.45, 7) is 4.75. The average Bonchev–Trinajstić information content (AvgIpc) is 2.74. The predicted octanol–water partition coefficient (Wildman–Crippen LogP) is 4.46. The Balaban J connectivity index is 1.64. The van der Waals surface area contributed by atoms with E-state index in [0.717, 1.165) is 12.0 Å². The third-order valence-corrected chi connectivity index (χ3v) is 7.68. The van der Waals surface area contributed by atoms with Crippen LogP contribution in [0, 0.1) is 12.8 Å². The first-order valence-corrected chi connectivity index (χ1v) is 12.4. The fraction of sp³-hybridized carbons (Fsp3) is 0.435. The predicted molar refractivity (Wildman–Crippen MR) is 121 cm³/mol. The second kappa shape index (κ2) is 9.94. The lowest BCUT2D eigenvalue weighted by Crippen LogP contribution is -2.46. The Morgan fingerprint density at radius 2 is 1.83 bits per heavy atom. The molecule has 1 heterocycles. The summed E-state index contributed by atoms with van der Waals surface area (Å²) in [5.41, 5.74) is 2.93. The van der Waals surface area contributed by atoms with Crippen LogP contribution in [0.5, 0.6) is 0 Å². The third kappa shape index (κ3) is 5.84. The van der Waals surface area contributed by atoms with Crippen molar-refractivity contribution in [2.75, 3.05) is 13.1 Å². The molecule has 2 atom stereocenters. The molecule has 0 spiro atoms. The molecule has 0 radical (unpaired) electrons. The van der Waals surface area contributed by atoms with Crippen LogP contribution in [0.3, 0.4) is 0 Å². The molecule has 0 bridgehead atoms. The van der Waals surface area contributed by atoms with E-state index in [2.05, 4.69) is 5.32 Å². The number of hydrogen-bond acceptors (Lipinski definition) is 3. The van der Waals surface area contributed by atoms with Crippen molar-refractivity contribution in [2.24, 2.45) is 5.92 Å². The molecule has 0 aromatic heterocycles. The van der Waals surface area contributed by atoms with E-state index in [0.29, 0.717) is 30.0 Å². The van der Waals surface area contributed by atoms with Gasteiger partial charge < -0.3 is 5.32 Å². The molecule has 3 rings (SSSR count). The molecule has 1 aliphatic rings. The number of aryl methyl sites for hydroxylation is 1. The van der Waals surface area contributed by atoms with E-state index in [1.54, 1.807) is 24.3 Å². The van der Waals surface area contributed by atoms with Crippen molar-refractivity contribution in [2.45, 2.75) is 44.9 Å². The average molecular weight is 449 g/mol. The van der Waals surface area contributed by atoms with Crippen LogP contribution in [-0.4, -0.2) is 31.7 Å². The molecule has 162 valence electrons. The van der Waals surface area contributed by atoms with Crippen LogP contribution in [0.4, 0.5) is 0 Å². The van der Waals surface area contributed by atoms with Crippen molar-refractivity contribution < 1.29 is 13.2 Å². The van der Waals surface area contributed by atoms with Gasteiger partial charge in [0.25, 0.3) is 0 Å². The zero-order valence-corrected chi connectivity index (χ0v) is 19.0. The Labute approximate surface area is 184 Å². The van der Waals surface area contributed by atoms with Crippen molar-refractivity contribution >= 4 is 27.5 Å². The number of piperidine rings is 1. The zero-order chi connectivity index (χ0) is 21.7. The van der Waals surface area contributed by atoms with E-state index >= 15 is 0 Å². The van der Waals surface area contributed by atoms with Gasteiger partial charge in [-0.3, -0.25) is 4.79 Å². The highest BCUT2D eigenvalue weighted by molar-refractivity contribution is 7.88. The molecule has 0 aliphatic carbocycles. The maximum Gasteiger partial charge on any atom is 0.224 e. The van der Waals surface area contributed by atoms with Gasteiger partial charge in [-0.05, 0) is 49.4 Å². The largest absolute Gasteiger partial charge is 0.349 e. The highest BCUT2D eigenvalue weighted by Gasteiger charge is 2.33. The van der Waals surface area contributed by atoms with E-state index < -0.39 is 10.0 Å². The van der Waals surface area contributed by atoms with Gasteiger partial charge in [-0.15, -0.1) is 0 Å². The summed E-state index contributed by atoms with van der Waals surface area (Å²) in [6, 6.07) is 14.9. The Kier molecular flexibility index (Phi) is 7.55. The number of rotatable bonds is 7. The molecule has 1 fully saturated rings. The highest BCUT2D eigenvalue weighted by Crippen LogP contribution is 2.24. The van der Waals surface area contributed by atoms with Gasteiger partial charge in [0, 0.05) is 18.1 Å². The number of nitrogens with one attached hydrogen (secondary N) is 1. The number of carbonyl (C=O) groups excluding carboxylic acids is 1. The smallest absolute Gasteiger partial charge is 0.224 e. The maximum absolute atomic E-state index is 12.9. The molecule has 7 heteroatoms. The van der Waals surface area contributed by atoms with Gasteiger partial charge in [0.15, 0.2) is 0 Å². The second-order valence-corrected chi connectivity index (χ2v) is 10.4. The van der Waals surface area contributed by atoms with Gasteiger partial charge >= 0.3 is 0 Å². The number of sulfonamides is 1. The third-order valence-electron chi connectivity index (χ3n) is 5.62. The van der Waals surface area contributed by atoms with Crippen LogP contribution >= 0.6 is 11.6 Å². The van der Waals surface area contributed by atoms with Crippen molar-refractivity contribution in [3.8, 4) is 0 Å². The van der Waals surface area contributed by atoms with Gasteiger partial charge in [0.1, 0.15) is 0 Å². The summed E-state index contributed by atoms with van der Waals surface area (Å²) in [7, 11) is -3.50. The summed E-state index contributed by atoms with van der Waals surface area (Å²) >= 11 is 5.89. The fourth-order valence-corrected chi connectivity index (χ4v) is 5.54. The van der Waals surface area contributed by atoms with E-state index in [-0.39, 0.29) is 30.2 Å². The SMILES string of the molecule is CCC(NC(=O)C1CCCN(S(=O)(=O)Cc2ccc(Cl)cc2)C1)c1ccc(C)cc1. The minimum absolute atomic E-state index is 0.0702. The van der Waals surface area contributed by atoms with E-state index in [1.807, 2.05) is 38.1 Å². The zero-order valence-electron chi connectivity index (χ0n) is 17.5. The second-order valence-electron chi connectivity index (χ2n) is 7.96. The van der Waals surface area contributed by atoms with Gasteiger partial charge in [0.2, 0.25) is 15.9 Å². The number of amides is 1. The Hall–Kier alpha value is -1.89. The molecule has 0 saturated carbocycles. The van der Waals surface area contributed by atoms with Crippen LogP contribution in [0.1, 0.15) is 48.9 Å². The van der Waals surface area contributed by atoms with E-state index in [4.69, 9.17) is 11.6 Å². The monoisotopic (exact) mass is 448 g/mol. The number of halogens is 1. The quantitative estimate of drug-likeness (QED) is 0.680. The summed E-state index contributed by atoms with van der Waals surface area (Å²) in [4.78, 5) is 12.9. The molecule has 1 saturated heterocycles. The summed E-state index contributed by atoms with van der Waals surface area (Å²) in [6.07, 6.45) is 2.16. The van der Waals surface area contributed by atoms with E-state index in [1.165, 1.54) is 9.87 Å². The molecule has 1 aliphatic heterocycles. The Morgan fingerprint density at radius 3 is 2.47 bits per heavy atom. The van der Waals surface area contributed by atoms with Gasteiger partial charge in [-0.25, -0.2) is 12.7 Å². The van der Waals surface area contributed by atoms with Crippen molar-refractivity contribution in [3.05, 3.63) is 70.2 Å². The first kappa shape index (κ1) is 22.8. The van der Waals surface area contributed by atoms with Crippen LogP contribution in [-0.2, 0) is 20.6 Å². The summed E-state index contributed by atoms with van der Waals surface area (Å²) < 4.78 is 27.3. The molecule has 2 aromatic carbocycles. The van der Waals surface area contributed by atoms with Gasteiger partial charge in [0.05, 0.1) is 17.7 Å². The van der Waals surface area contributed by atoms with Crippen LogP contribution in [0.15, 0.2) is 48.5 Å². The van der Waals surface area contributed by atoms with Crippen molar-refractivity contribution in [3.63, 3.8) is 0 Å². The fourth-order valence-electron chi connectivity index (χ4n) is 3.80.